The van der Waals surface area contributed by atoms with Gasteiger partial charge in [-0.2, -0.15) is 25.4 Å². The van der Waals surface area contributed by atoms with Gasteiger partial charge in [-0.3, -0.25) is 4.68 Å². The number of aromatic nitrogens is 6. The van der Waals surface area contributed by atoms with Crippen molar-refractivity contribution in [3.05, 3.63) is 48.4 Å². The summed E-state index contributed by atoms with van der Waals surface area (Å²) in [6, 6.07) is 11.6. The second-order valence-electron chi connectivity index (χ2n) is 8.08. The minimum atomic E-state index is 0.131. The van der Waals surface area contributed by atoms with Crippen molar-refractivity contribution in [2.45, 2.75) is 27.3 Å². The summed E-state index contributed by atoms with van der Waals surface area (Å²) in [4.78, 5) is 6.13. The normalized spacial score (nSPS) is 11.7. The van der Waals surface area contributed by atoms with Gasteiger partial charge in [-0.05, 0) is 29.7 Å². The van der Waals surface area contributed by atoms with Crippen LogP contribution >= 0.6 is 0 Å². The van der Waals surface area contributed by atoms with E-state index >= 15 is 0 Å². The maximum absolute atomic E-state index is 9.32. The Kier molecular flexibility index (Phi) is 4.19. The molecule has 140 valence electrons. The molecule has 4 aromatic rings. The Bertz CT molecular complexity index is 1200. The maximum atomic E-state index is 9.32. The van der Waals surface area contributed by atoms with E-state index in [2.05, 4.69) is 47.1 Å². The van der Waals surface area contributed by atoms with Crippen molar-refractivity contribution in [1.82, 2.24) is 29.8 Å². The van der Waals surface area contributed by atoms with Crippen molar-refractivity contribution in [2.75, 3.05) is 0 Å². The number of hydrogen-bond acceptors (Lipinski definition) is 5. The average molecular weight is 371 g/mol. The summed E-state index contributed by atoms with van der Waals surface area (Å²) in [5.74, 6) is 0. The molecule has 3 aromatic heterocycles. The summed E-state index contributed by atoms with van der Waals surface area (Å²) < 4.78 is 1.95. The Labute approximate surface area is 163 Å². The van der Waals surface area contributed by atoms with Crippen LogP contribution in [0.2, 0.25) is 0 Å². The van der Waals surface area contributed by atoms with Crippen molar-refractivity contribution in [3.63, 3.8) is 0 Å². The quantitative estimate of drug-likeness (QED) is 0.547. The van der Waals surface area contributed by atoms with E-state index in [1.807, 2.05) is 41.3 Å². The Hall–Kier alpha value is -3.53. The largest absolute Gasteiger partial charge is 0.272 e. The van der Waals surface area contributed by atoms with Crippen LogP contribution in [0.5, 0.6) is 0 Å². The second-order valence-corrected chi connectivity index (χ2v) is 8.08. The molecule has 1 aromatic carbocycles. The number of rotatable bonds is 3. The molecule has 0 bridgehead atoms. The van der Waals surface area contributed by atoms with Crippen molar-refractivity contribution in [2.24, 2.45) is 12.5 Å². The van der Waals surface area contributed by atoms with Gasteiger partial charge in [0.1, 0.15) is 22.8 Å². The fourth-order valence-corrected chi connectivity index (χ4v) is 3.22. The Morgan fingerprint density at radius 1 is 1.04 bits per heavy atom. The smallest absolute Gasteiger partial charge is 0.141 e. The van der Waals surface area contributed by atoms with Gasteiger partial charge < -0.3 is 0 Å². The highest BCUT2D eigenvalue weighted by Gasteiger charge is 2.16. The van der Waals surface area contributed by atoms with Crippen molar-refractivity contribution >= 4 is 11.0 Å². The molecule has 0 aliphatic carbocycles. The lowest BCUT2D eigenvalue weighted by Crippen LogP contribution is -2.15. The molecule has 0 aliphatic rings. The molecule has 0 aliphatic heterocycles. The van der Waals surface area contributed by atoms with Crippen LogP contribution in [-0.2, 0) is 13.6 Å². The molecule has 0 amide bonds. The molecule has 0 atom stereocenters. The summed E-state index contributed by atoms with van der Waals surface area (Å²) >= 11 is 0. The van der Waals surface area contributed by atoms with Crippen LogP contribution in [0, 0.1) is 16.7 Å². The van der Waals surface area contributed by atoms with Crippen LogP contribution in [0.3, 0.4) is 0 Å². The van der Waals surface area contributed by atoms with E-state index in [4.69, 9.17) is 0 Å². The molecular formula is C21H21N7. The van der Waals surface area contributed by atoms with Gasteiger partial charge in [0.2, 0.25) is 0 Å². The standard InChI is InChI=1S/C21H21N7/c1-21(2,3)13-28-12-15(11-23-28)17-7-6-16(10-22)24-20(17)14-5-8-18-19(9-14)26-27(4)25-18/h5-9,11-12H,13H2,1-4H3. The van der Waals surface area contributed by atoms with Crippen molar-refractivity contribution in [3.8, 4) is 28.5 Å². The second kappa shape index (κ2) is 6.57. The molecule has 4 rings (SSSR count). The Morgan fingerprint density at radius 2 is 1.82 bits per heavy atom. The lowest BCUT2D eigenvalue weighted by molar-refractivity contribution is 0.325. The van der Waals surface area contributed by atoms with E-state index in [1.54, 1.807) is 17.9 Å². The lowest BCUT2D eigenvalue weighted by atomic mass is 9.97. The molecule has 0 N–H and O–H groups in total. The van der Waals surface area contributed by atoms with E-state index in [9.17, 15) is 5.26 Å². The Balaban J connectivity index is 1.83. The first-order chi connectivity index (χ1) is 13.3. The summed E-state index contributed by atoms with van der Waals surface area (Å²) in [6.45, 7) is 7.36. The van der Waals surface area contributed by atoms with Gasteiger partial charge in [0.25, 0.3) is 0 Å². The molecule has 0 saturated carbocycles. The molecule has 0 spiro atoms. The lowest BCUT2D eigenvalue weighted by Gasteiger charge is -2.17. The van der Waals surface area contributed by atoms with Crippen LogP contribution in [-0.4, -0.2) is 29.8 Å². The van der Waals surface area contributed by atoms with Crippen LogP contribution in [0.25, 0.3) is 33.4 Å². The summed E-state index contributed by atoms with van der Waals surface area (Å²) in [6.07, 6.45) is 3.87. The fourth-order valence-electron chi connectivity index (χ4n) is 3.22. The van der Waals surface area contributed by atoms with Gasteiger partial charge in [-0.25, -0.2) is 4.98 Å². The van der Waals surface area contributed by atoms with Crippen LogP contribution in [0.15, 0.2) is 42.7 Å². The predicted octanol–water partition coefficient (Wildman–Crippen LogP) is 3.81. The van der Waals surface area contributed by atoms with E-state index in [1.165, 1.54) is 0 Å². The van der Waals surface area contributed by atoms with Crippen LogP contribution in [0.1, 0.15) is 26.5 Å². The first-order valence-electron chi connectivity index (χ1n) is 9.08. The van der Waals surface area contributed by atoms with Crippen LogP contribution in [0.4, 0.5) is 0 Å². The highest BCUT2D eigenvalue weighted by Crippen LogP contribution is 2.32. The number of nitrogens with zero attached hydrogens (tertiary/aromatic N) is 7. The van der Waals surface area contributed by atoms with E-state index in [0.29, 0.717) is 5.69 Å². The molecule has 0 radical (unpaired) electrons. The van der Waals surface area contributed by atoms with Gasteiger partial charge in [0.15, 0.2) is 0 Å². The van der Waals surface area contributed by atoms with E-state index in [-0.39, 0.29) is 5.41 Å². The number of nitriles is 1. The summed E-state index contributed by atoms with van der Waals surface area (Å²) in [5, 5.41) is 22.5. The summed E-state index contributed by atoms with van der Waals surface area (Å²) in [7, 11) is 1.79. The third-order valence-electron chi connectivity index (χ3n) is 4.34. The number of fused-ring (bicyclic) bond motifs is 1. The first-order valence-corrected chi connectivity index (χ1v) is 9.08. The minimum absolute atomic E-state index is 0.131. The molecule has 7 heteroatoms. The molecule has 0 saturated heterocycles. The maximum Gasteiger partial charge on any atom is 0.141 e. The SMILES string of the molecule is Cn1nc2ccc(-c3nc(C#N)ccc3-c3cnn(CC(C)(C)C)c3)cc2n1. The van der Waals surface area contributed by atoms with E-state index < -0.39 is 0 Å². The minimum Gasteiger partial charge on any atom is -0.272 e. The third-order valence-corrected chi connectivity index (χ3v) is 4.34. The molecule has 7 nitrogen and oxygen atoms in total. The molecule has 28 heavy (non-hydrogen) atoms. The third kappa shape index (κ3) is 3.49. The number of benzene rings is 1. The fraction of sp³-hybridized carbons (Fsp3) is 0.286. The van der Waals surface area contributed by atoms with Gasteiger partial charge in [-0.15, -0.1) is 0 Å². The average Bonchev–Trinajstić information content (AvgIpc) is 3.24. The number of hydrogen-bond donors (Lipinski definition) is 0. The number of aryl methyl sites for hydroxylation is 1. The molecular weight excluding hydrogens is 350 g/mol. The van der Waals surface area contributed by atoms with Crippen LogP contribution < -0.4 is 0 Å². The zero-order valence-electron chi connectivity index (χ0n) is 16.4. The van der Waals surface area contributed by atoms with Crippen molar-refractivity contribution < 1.29 is 0 Å². The van der Waals surface area contributed by atoms with Gasteiger partial charge in [0, 0.05) is 36.5 Å². The highest BCUT2D eigenvalue weighted by atomic mass is 15.4. The Morgan fingerprint density at radius 3 is 2.57 bits per heavy atom. The molecule has 3 heterocycles. The topological polar surface area (TPSA) is 85.2 Å². The van der Waals surface area contributed by atoms with Gasteiger partial charge >= 0.3 is 0 Å². The van der Waals surface area contributed by atoms with Gasteiger partial charge in [0.05, 0.1) is 11.9 Å². The van der Waals surface area contributed by atoms with E-state index in [0.717, 1.165) is 40.0 Å². The van der Waals surface area contributed by atoms with Gasteiger partial charge in [-0.1, -0.05) is 26.8 Å². The predicted molar refractivity (Wildman–Crippen MR) is 107 cm³/mol. The zero-order chi connectivity index (χ0) is 19.9. The first kappa shape index (κ1) is 17.9. The van der Waals surface area contributed by atoms with Crippen molar-refractivity contribution in [1.29, 1.82) is 5.26 Å². The summed E-state index contributed by atoms with van der Waals surface area (Å²) in [5.41, 5.74) is 5.65. The zero-order valence-corrected chi connectivity index (χ0v) is 16.4. The number of pyridine rings is 1. The molecule has 0 unspecified atom stereocenters. The monoisotopic (exact) mass is 371 g/mol. The molecule has 0 fully saturated rings. The highest BCUT2D eigenvalue weighted by molar-refractivity contribution is 5.86.